The monoisotopic (exact) mass is 324 g/mol. The van der Waals surface area contributed by atoms with Crippen molar-refractivity contribution in [2.24, 2.45) is 0 Å². The van der Waals surface area contributed by atoms with Crippen molar-refractivity contribution in [2.45, 2.75) is 38.6 Å². The van der Waals surface area contributed by atoms with Gasteiger partial charge < -0.3 is 19.9 Å². The van der Waals surface area contributed by atoms with Crippen LogP contribution in [0.4, 0.5) is 0 Å². The Kier molecular flexibility index (Phi) is 8.80. The number of amides is 1. The van der Waals surface area contributed by atoms with Crippen molar-refractivity contribution in [1.29, 1.82) is 0 Å². The minimum absolute atomic E-state index is 0. The Balaban J connectivity index is 0.00000180. The normalized spacial score (nSPS) is 23.1. The zero-order valence-electron chi connectivity index (χ0n) is 11.6. The van der Waals surface area contributed by atoms with E-state index in [4.69, 9.17) is 4.74 Å². The van der Waals surface area contributed by atoms with E-state index in [1.54, 1.807) is 12.5 Å². The predicted octanol–water partition coefficient (Wildman–Crippen LogP) is 0.608. The van der Waals surface area contributed by atoms with Crippen molar-refractivity contribution in [3.8, 4) is 0 Å². The van der Waals surface area contributed by atoms with Crippen molar-refractivity contribution >= 4 is 30.7 Å². The summed E-state index contributed by atoms with van der Waals surface area (Å²) >= 11 is 0. The van der Waals surface area contributed by atoms with Crippen LogP contribution < -0.4 is 10.6 Å². The molecule has 2 heterocycles. The van der Waals surface area contributed by atoms with Gasteiger partial charge in [0.1, 0.15) is 6.04 Å². The third-order valence-corrected chi connectivity index (χ3v) is 3.03. The van der Waals surface area contributed by atoms with Crippen molar-refractivity contribution in [1.82, 2.24) is 20.2 Å². The molecular weight excluding hydrogens is 303 g/mol. The molecule has 0 saturated carbocycles. The lowest BCUT2D eigenvalue weighted by molar-refractivity contribution is -0.129. The van der Waals surface area contributed by atoms with Gasteiger partial charge in [0.25, 0.3) is 0 Å². The molecule has 1 unspecified atom stereocenters. The maximum atomic E-state index is 12.1. The van der Waals surface area contributed by atoms with E-state index in [9.17, 15) is 4.79 Å². The van der Waals surface area contributed by atoms with E-state index < -0.39 is 0 Å². The van der Waals surface area contributed by atoms with Crippen molar-refractivity contribution < 1.29 is 9.53 Å². The number of imidazole rings is 1. The van der Waals surface area contributed by atoms with Gasteiger partial charge >= 0.3 is 0 Å². The fourth-order valence-electron chi connectivity index (χ4n) is 2.12. The fourth-order valence-corrected chi connectivity index (χ4v) is 2.12. The molecule has 116 valence electrons. The van der Waals surface area contributed by atoms with E-state index in [2.05, 4.69) is 15.6 Å². The molecule has 1 aliphatic heterocycles. The number of nitrogens with zero attached hydrogens (tertiary/aromatic N) is 2. The summed E-state index contributed by atoms with van der Waals surface area (Å²) in [6.07, 6.45) is 5.27. The van der Waals surface area contributed by atoms with Crippen LogP contribution in [0.15, 0.2) is 18.7 Å². The van der Waals surface area contributed by atoms with E-state index in [0.29, 0.717) is 13.2 Å². The summed E-state index contributed by atoms with van der Waals surface area (Å²) in [5.74, 6) is -0.00480. The van der Waals surface area contributed by atoms with Gasteiger partial charge in [-0.2, -0.15) is 0 Å². The Hall–Kier alpha value is -0.820. The minimum Gasteiger partial charge on any atom is -0.375 e. The number of ether oxygens (including phenoxy) is 1. The smallest absolute Gasteiger partial charge is 0.240 e. The first-order valence-corrected chi connectivity index (χ1v) is 6.28. The van der Waals surface area contributed by atoms with Crippen molar-refractivity contribution in [2.75, 3.05) is 13.2 Å². The van der Waals surface area contributed by atoms with Crippen LogP contribution in [0.3, 0.4) is 0 Å². The Morgan fingerprint density at radius 2 is 2.35 bits per heavy atom. The van der Waals surface area contributed by atoms with Crippen LogP contribution in [0.5, 0.6) is 0 Å². The molecule has 3 atom stereocenters. The third-order valence-electron chi connectivity index (χ3n) is 3.03. The van der Waals surface area contributed by atoms with E-state index in [0.717, 1.165) is 6.54 Å². The molecular formula is C12H22Cl2N4O2. The summed E-state index contributed by atoms with van der Waals surface area (Å²) in [5, 5.41) is 6.16. The first-order chi connectivity index (χ1) is 8.66. The Morgan fingerprint density at radius 3 is 2.95 bits per heavy atom. The molecule has 1 aromatic heterocycles. The Morgan fingerprint density at radius 1 is 1.60 bits per heavy atom. The van der Waals surface area contributed by atoms with Gasteiger partial charge in [0.2, 0.25) is 5.91 Å². The molecule has 1 saturated heterocycles. The number of nitrogens with one attached hydrogen (secondary N) is 2. The van der Waals surface area contributed by atoms with Gasteiger partial charge in [-0.25, -0.2) is 4.98 Å². The molecule has 0 aromatic carbocycles. The molecule has 0 radical (unpaired) electrons. The van der Waals surface area contributed by atoms with E-state index in [1.165, 1.54) is 0 Å². The molecule has 1 fully saturated rings. The second-order valence-corrected chi connectivity index (χ2v) is 4.68. The number of hydrogen-bond acceptors (Lipinski definition) is 4. The average molecular weight is 325 g/mol. The third kappa shape index (κ3) is 5.28. The molecule has 2 rings (SSSR count). The lowest BCUT2D eigenvalue weighted by Gasteiger charge is -2.30. The number of hydrogen-bond donors (Lipinski definition) is 2. The molecule has 1 aliphatic rings. The highest BCUT2D eigenvalue weighted by molar-refractivity contribution is 5.85. The number of halogens is 2. The van der Waals surface area contributed by atoms with Crippen LogP contribution in [0.2, 0.25) is 0 Å². The van der Waals surface area contributed by atoms with Gasteiger partial charge in [-0.3, -0.25) is 4.79 Å². The Labute approximate surface area is 131 Å². The maximum Gasteiger partial charge on any atom is 0.240 e. The van der Waals surface area contributed by atoms with Crippen LogP contribution in [0.25, 0.3) is 0 Å². The number of carbonyl (C=O) groups is 1. The van der Waals surface area contributed by atoms with Crippen LogP contribution in [0, 0.1) is 0 Å². The molecule has 1 aromatic rings. The molecule has 1 amide bonds. The highest BCUT2D eigenvalue weighted by atomic mass is 35.5. The first-order valence-electron chi connectivity index (χ1n) is 6.28. The number of aromatic nitrogens is 2. The summed E-state index contributed by atoms with van der Waals surface area (Å²) in [4.78, 5) is 16.0. The molecule has 8 heteroatoms. The topological polar surface area (TPSA) is 68.2 Å². The second kappa shape index (κ2) is 9.18. The van der Waals surface area contributed by atoms with Crippen LogP contribution in [-0.4, -0.2) is 46.8 Å². The Bertz CT molecular complexity index is 389. The van der Waals surface area contributed by atoms with Gasteiger partial charge in [0.05, 0.1) is 19.0 Å². The minimum atomic E-state index is -0.260. The van der Waals surface area contributed by atoms with Crippen molar-refractivity contribution in [3.05, 3.63) is 18.7 Å². The van der Waals surface area contributed by atoms with Gasteiger partial charge in [-0.15, -0.1) is 24.8 Å². The zero-order valence-corrected chi connectivity index (χ0v) is 13.2. The molecule has 6 nitrogen and oxygen atoms in total. The van der Waals surface area contributed by atoms with Crippen LogP contribution in [-0.2, 0) is 16.1 Å². The summed E-state index contributed by atoms with van der Waals surface area (Å²) in [6.45, 7) is 5.99. The predicted molar refractivity (Wildman–Crippen MR) is 81.5 cm³/mol. The summed E-state index contributed by atoms with van der Waals surface area (Å²) in [5.41, 5.74) is 0. The van der Waals surface area contributed by atoms with Crippen molar-refractivity contribution in [3.63, 3.8) is 0 Å². The highest BCUT2D eigenvalue weighted by Gasteiger charge is 2.28. The molecule has 0 bridgehead atoms. The number of morpholine rings is 1. The van der Waals surface area contributed by atoms with Gasteiger partial charge in [-0.05, 0) is 13.8 Å². The first kappa shape index (κ1) is 19.2. The lowest BCUT2D eigenvalue weighted by Crippen LogP contribution is -2.57. The standard InChI is InChI=1S/C12H20N4O2.2ClH/c1-9(7-16-5-3-13-8-16)15-12(17)11-10(2)18-6-4-14-11;;/h3,5,8-11,14H,4,6-7H2,1-2H3,(H,15,17);2*1H/t9?,10-,11+;;/m1../s1. The molecule has 20 heavy (non-hydrogen) atoms. The van der Waals surface area contributed by atoms with Gasteiger partial charge in [-0.1, -0.05) is 0 Å². The van der Waals surface area contributed by atoms with Gasteiger partial charge in [0, 0.05) is 31.5 Å². The molecule has 0 aliphatic carbocycles. The van der Waals surface area contributed by atoms with E-state index in [1.807, 2.05) is 24.6 Å². The summed E-state index contributed by atoms with van der Waals surface area (Å²) in [6, 6.07) is -0.202. The molecule has 2 N–H and O–H groups in total. The van der Waals surface area contributed by atoms with Crippen LogP contribution in [0.1, 0.15) is 13.8 Å². The summed E-state index contributed by atoms with van der Waals surface area (Å²) in [7, 11) is 0. The zero-order chi connectivity index (χ0) is 13.0. The second-order valence-electron chi connectivity index (χ2n) is 4.68. The summed E-state index contributed by atoms with van der Waals surface area (Å²) < 4.78 is 7.40. The van der Waals surface area contributed by atoms with E-state index in [-0.39, 0.29) is 48.9 Å². The highest BCUT2D eigenvalue weighted by Crippen LogP contribution is 2.04. The maximum absolute atomic E-state index is 12.1. The molecule has 0 spiro atoms. The largest absolute Gasteiger partial charge is 0.375 e. The van der Waals surface area contributed by atoms with Crippen LogP contribution >= 0.6 is 24.8 Å². The lowest BCUT2D eigenvalue weighted by atomic mass is 10.1. The fraction of sp³-hybridized carbons (Fsp3) is 0.667. The number of rotatable bonds is 4. The quantitative estimate of drug-likeness (QED) is 0.851. The van der Waals surface area contributed by atoms with Gasteiger partial charge in [0.15, 0.2) is 0 Å². The number of carbonyl (C=O) groups excluding carboxylic acids is 1. The van der Waals surface area contributed by atoms with E-state index >= 15 is 0 Å². The average Bonchev–Trinajstić information content (AvgIpc) is 2.82. The SMILES string of the molecule is CC(Cn1ccnc1)NC(=O)[C@H]1NCCO[C@@H]1C.Cl.Cl.